The Morgan fingerprint density at radius 2 is 1.95 bits per heavy atom. The molecule has 0 radical (unpaired) electrons. The molecule has 0 heterocycles. The minimum atomic E-state index is -0.997. The summed E-state index contributed by atoms with van der Waals surface area (Å²) in [5.41, 5.74) is 0.917. The summed E-state index contributed by atoms with van der Waals surface area (Å²) in [7, 11) is 0. The molecule has 2 aromatic carbocycles. The van der Waals surface area contributed by atoms with Gasteiger partial charge in [0.05, 0.1) is 0 Å². The topological polar surface area (TPSA) is 46.5 Å². The Hall–Kier alpha value is -1.27. The first-order valence-electron chi connectivity index (χ1n) is 5.94. The Bertz CT molecular complexity index is 598. The molecule has 2 rings (SSSR count). The lowest BCUT2D eigenvalue weighted by molar-refractivity contribution is -0.145. The zero-order valence-electron chi connectivity index (χ0n) is 10.4. The summed E-state index contributed by atoms with van der Waals surface area (Å²) >= 11 is 8.06. The van der Waals surface area contributed by atoms with E-state index >= 15 is 0 Å². The van der Waals surface area contributed by atoms with Gasteiger partial charge < -0.3 is 9.84 Å². The number of benzene rings is 2. The van der Waals surface area contributed by atoms with E-state index in [1.165, 1.54) is 0 Å². The fourth-order valence-corrected chi connectivity index (χ4v) is 2.26. The highest BCUT2D eigenvalue weighted by Crippen LogP contribution is 2.20. The van der Waals surface area contributed by atoms with E-state index in [4.69, 9.17) is 16.3 Å². The second-order valence-corrected chi connectivity index (χ2v) is 5.91. The summed E-state index contributed by atoms with van der Waals surface area (Å²) in [4.78, 5) is 11.3. The van der Waals surface area contributed by atoms with Crippen LogP contribution in [0.15, 0.2) is 48.5 Å². The number of hydrogen-bond donors (Lipinski definition) is 1. The van der Waals surface area contributed by atoms with Gasteiger partial charge in [-0.2, -0.15) is 0 Å². The molecule has 20 heavy (non-hydrogen) atoms. The van der Waals surface area contributed by atoms with Crippen molar-refractivity contribution in [1.29, 1.82) is 0 Å². The average molecular weight is 403 g/mol. The van der Waals surface area contributed by atoms with Gasteiger partial charge in [0.15, 0.2) is 6.10 Å². The maximum atomic E-state index is 11.3. The fourth-order valence-electron chi connectivity index (χ4n) is 1.72. The summed E-state index contributed by atoms with van der Waals surface area (Å²) in [5, 5.41) is 9.78. The molecular formula is C15H12ClIO3. The van der Waals surface area contributed by atoms with Crippen molar-refractivity contribution in [2.24, 2.45) is 0 Å². The van der Waals surface area contributed by atoms with Crippen molar-refractivity contribution in [3.63, 3.8) is 0 Å². The number of carboxylic acid groups (broad SMARTS) is 1. The summed E-state index contributed by atoms with van der Waals surface area (Å²) in [6.07, 6.45) is -0.632. The number of carbonyl (C=O) groups is 1. The van der Waals surface area contributed by atoms with Gasteiger partial charge in [-0.05, 0) is 58.5 Å². The Labute approximate surface area is 135 Å². The molecule has 0 unspecified atom stereocenters. The smallest absolute Gasteiger partial charge is 0.345 e. The Balaban J connectivity index is 2.11. The fraction of sp³-hybridized carbons (Fsp3) is 0.133. The average Bonchev–Trinajstić information content (AvgIpc) is 2.40. The van der Waals surface area contributed by atoms with Gasteiger partial charge in [0.1, 0.15) is 5.75 Å². The molecule has 0 saturated heterocycles. The van der Waals surface area contributed by atoms with Gasteiger partial charge in [-0.1, -0.05) is 29.8 Å². The maximum Gasteiger partial charge on any atom is 0.345 e. The molecule has 0 fully saturated rings. The van der Waals surface area contributed by atoms with E-state index in [1.54, 1.807) is 24.3 Å². The minimum Gasteiger partial charge on any atom is -0.478 e. The van der Waals surface area contributed by atoms with E-state index in [1.807, 2.05) is 24.3 Å². The highest BCUT2D eigenvalue weighted by Gasteiger charge is 2.20. The monoisotopic (exact) mass is 402 g/mol. The third kappa shape index (κ3) is 4.38. The summed E-state index contributed by atoms with van der Waals surface area (Å²) in [6, 6.07) is 14.4. The number of rotatable bonds is 5. The maximum absolute atomic E-state index is 11.3. The van der Waals surface area contributed by atoms with Crippen LogP contribution in [0.1, 0.15) is 5.56 Å². The van der Waals surface area contributed by atoms with Crippen LogP contribution in [-0.2, 0) is 11.2 Å². The first-order chi connectivity index (χ1) is 9.54. The van der Waals surface area contributed by atoms with Crippen molar-refractivity contribution in [3.05, 3.63) is 62.7 Å². The second-order valence-electron chi connectivity index (χ2n) is 4.23. The van der Waals surface area contributed by atoms with Crippen LogP contribution >= 0.6 is 34.2 Å². The lowest BCUT2D eigenvalue weighted by Crippen LogP contribution is -2.29. The largest absolute Gasteiger partial charge is 0.478 e. The van der Waals surface area contributed by atoms with Crippen LogP contribution in [0, 0.1) is 3.57 Å². The van der Waals surface area contributed by atoms with Gasteiger partial charge in [0.2, 0.25) is 0 Å². The number of halogens is 2. The Morgan fingerprint density at radius 3 is 2.55 bits per heavy atom. The number of ether oxygens (including phenoxy) is 1. The van der Waals surface area contributed by atoms with Crippen molar-refractivity contribution in [2.75, 3.05) is 0 Å². The lowest BCUT2D eigenvalue weighted by Gasteiger charge is -2.15. The van der Waals surface area contributed by atoms with Crippen LogP contribution in [0.2, 0.25) is 5.02 Å². The van der Waals surface area contributed by atoms with Crippen molar-refractivity contribution in [3.8, 4) is 5.75 Å². The van der Waals surface area contributed by atoms with Crippen molar-refractivity contribution >= 4 is 40.2 Å². The Kier molecular flexibility index (Phi) is 5.25. The van der Waals surface area contributed by atoms with E-state index in [0.29, 0.717) is 17.2 Å². The van der Waals surface area contributed by atoms with Gasteiger partial charge >= 0.3 is 5.97 Å². The van der Waals surface area contributed by atoms with E-state index in [-0.39, 0.29) is 0 Å². The molecular weight excluding hydrogens is 391 g/mol. The third-order valence-corrected chi connectivity index (χ3v) is 3.64. The van der Waals surface area contributed by atoms with Gasteiger partial charge in [-0.3, -0.25) is 0 Å². The molecule has 5 heteroatoms. The SMILES string of the molecule is O=C(O)[C@H](Cc1ccc(I)cc1)Oc1cccc(Cl)c1. The van der Waals surface area contributed by atoms with Crippen molar-refractivity contribution < 1.29 is 14.6 Å². The van der Waals surface area contributed by atoms with Crippen molar-refractivity contribution in [1.82, 2.24) is 0 Å². The molecule has 0 amide bonds. The van der Waals surface area contributed by atoms with Crippen molar-refractivity contribution in [2.45, 2.75) is 12.5 Å². The molecule has 0 bridgehead atoms. The summed E-state index contributed by atoms with van der Waals surface area (Å²) in [5.74, 6) is -0.543. The Morgan fingerprint density at radius 1 is 1.25 bits per heavy atom. The first kappa shape index (κ1) is 15.1. The van der Waals surface area contributed by atoms with Gasteiger partial charge in [-0.25, -0.2) is 4.79 Å². The molecule has 3 nitrogen and oxygen atoms in total. The highest BCUT2D eigenvalue weighted by molar-refractivity contribution is 14.1. The predicted octanol–water partition coefficient (Wildman–Crippen LogP) is 4.02. The van der Waals surface area contributed by atoms with Crippen LogP contribution < -0.4 is 4.74 Å². The number of carboxylic acids is 1. The molecule has 0 saturated carbocycles. The van der Waals surface area contributed by atoms with Crippen LogP contribution in [0.4, 0.5) is 0 Å². The van der Waals surface area contributed by atoms with Gasteiger partial charge in [0.25, 0.3) is 0 Å². The number of hydrogen-bond acceptors (Lipinski definition) is 2. The van der Waals surface area contributed by atoms with E-state index in [9.17, 15) is 9.90 Å². The zero-order valence-corrected chi connectivity index (χ0v) is 13.3. The summed E-state index contributed by atoms with van der Waals surface area (Å²) < 4.78 is 6.61. The predicted molar refractivity (Wildman–Crippen MR) is 86.4 cm³/mol. The third-order valence-electron chi connectivity index (χ3n) is 2.68. The van der Waals surface area contributed by atoms with Crippen LogP contribution in [0.3, 0.4) is 0 Å². The summed E-state index contributed by atoms with van der Waals surface area (Å²) in [6.45, 7) is 0. The number of aliphatic carboxylic acids is 1. The molecule has 0 aliphatic carbocycles. The molecule has 1 N–H and O–H groups in total. The second kappa shape index (κ2) is 6.95. The molecule has 0 spiro atoms. The lowest BCUT2D eigenvalue weighted by atomic mass is 10.1. The van der Waals surface area contributed by atoms with Crippen LogP contribution in [0.25, 0.3) is 0 Å². The molecule has 0 aliphatic heterocycles. The molecule has 104 valence electrons. The zero-order chi connectivity index (χ0) is 14.5. The van der Waals surface area contributed by atoms with Gasteiger partial charge in [-0.15, -0.1) is 0 Å². The van der Waals surface area contributed by atoms with Gasteiger partial charge in [0, 0.05) is 15.0 Å². The molecule has 2 aromatic rings. The van der Waals surface area contributed by atoms with Crippen LogP contribution in [0.5, 0.6) is 5.75 Å². The van der Waals surface area contributed by atoms with Crippen LogP contribution in [-0.4, -0.2) is 17.2 Å². The minimum absolute atomic E-state index is 0.304. The first-order valence-corrected chi connectivity index (χ1v) is 7.40. The molecule has 0 aliphatic rings. The van der Waals surface area contributed by atoms with E-state index < -0.39 is 12.1 Å². The molecule has 1 atom stereocenters. The van der Waals surface area contributed by atoms with E-state index in [0.717, 1.165) is 9.13 Å². The van der Waals surface area contributed by atoms with E-state index in [2.05, 4.69) is 22.6 Å². The standard InChI is InChI=1S/C15H12ClIO3/c16-11-2-1-3-13(9-11)20-14(15(18)19)8-10-4-6-12(17)7-5-10/h1-7,9,14H,8H2,(H,18,19)/t14-/m0/s1. The normalized spacial score (nSPS) is 11.9. The molecule has 0 aromatic heterocycles. The highest BCUT2D eigenvalue weighted by atomic mass is 127. The quantitative estimate of drug-likeness (QED) is 0.769.